The summed E-state index contributed by atoms with van der Waals surface area (Å²) in [6.07, 6.45) is 0. The number of rotatable bonds is 6. The van der Waals surface area contributed by atoms with Crippen molar-refractivity contribution >= 4 is 38.2 Å². The molecule has 1 aromatic heterocycles. The van der Waals surface area contributed by atoms with Crippen molar-refractivity contribution in [2.45, 2.75) is 13.0 Å². The zero-order chi connectivity index (χ0) is 16.8. The number of benzene rings is 1. The first kappa shape index (κ1) is 17.5. The van der Waals surface area contributed by atoms with Crippen LogP contribution in [0.1, 0.15) is 24.1 Å². The number of amides is 1. The smallest absolute Gasteiger partial charge is 0.238 e. The highest BCUT2D eigenvalue weighted by Gasteiger charge is 2.12. The van der Waals surface area contributed by atoms with Crippen molar-refractivity contribution in [2.75, 3.05) is 19.0 Å². The second kappa shape index (κ2) is 8.11. The van der Waals surface area contributed by atoms with Crippen LogP contribution in [0.5, 0.6) is 5.75 Å². The Morgan fingerprint density at radius 3 is 2.91 bits per heavy atom. The number of ether oxygens (including phenoxy) is 1. The lowest BCUT2D eigenvalue weighted by Gasteiger charge is -2.15. The molecule has 2 N–H and O–H groups in total. The van der Waals surface area contributed by atoms with Gasteiger partial charge in [-0.05, 0) is 52.0 Å². The van der Waals surface area contributed by atoms with Crippen molar-refractivity contribution in [2.24, 2.45) is 0 Å². The predicted molar refractivity (Wildman–Crippen MR) is 94.8 cm³/mol. The molecule has 1 aromatic carbocycles. The van der Waals surface area contributed by atoms with Gasteiger partial charge in [-0.1, -0.05) is 6.07 Å². The number of nitriles is 1. The SMILES string of the molecule is COc1ccc([C@H](C)NCC(=O)Nc2sccc2C#N)cc1Br. The third-order valence-electron chi connectivity index (χ3n) is 3.28. The normalized spacial score (nSPS) is 11.6. The number of thiophene rings is 1. The van der Waals surface area contributed by atoms with Gasteiger partial charge in [0, 0.05) is 6.04 Å². The number of carbonyl (C=O) groups is 1. The van der Waals surface area contributed by atoms with Gasteiger partial charge in [-0.2, -0.15) is 5.26 Å². The Morgan fingerprint density at radius 1 is 1.48 bits per heavy atom. The molecule has 120 valence electrons. The molecule has 0 spiro atoms. The Hall–Kier alpha value is -1.88. The monoisotopic (exact) mass is 393 g/mol. The van der Waals surface area contributed by atoms with Gasteiger partial charge in [0.2, 0.25) is 5.91 Å². The molecule has 1 amide bonds. The van der Waals surface area contributed by atoms with Crippen molar-refractivity contribution in [3.63, 3.8) is 0 Å². The van der Waals surface area contributed by atoms with Crippen molar-refractivity contribution in [3.05, 3.63) is 45.2 Å². The van der Waals surface area contributed by atoms with Gasteiger partial charge in [-0.25, -0.2) is 0 Å². The highest BCUT2D eigenvalue weighted by molar-refractivity contribution is 9.10. The van der Waals surface area contributed by atoms with Gasteiger partial charge in [0.25, 0.3) is 0 Å². The highest BCUT2D eigenvalue weighted by atomic mass is 79.9. The Kier molecular flexibility index (Phi) is 6.16. The molecule has 5 nitrogen and oxygen atoms in total. The van der Waals surface area contributed by atoms with E-state index in [9.17, 15) is 4.79 Å². The van der Waals surface area contributed by atoms with Gasteiger partial charge in [0.15, 0.2) is 0 Å². The van der Waals surface area contributed by atoms with Gasteiger partial charge in [-0.3, -0.25) is 4.79 Å². The van der Waals surface area contributed by atoms with Crippen LogP contribution < -0.4 is 15.4 Å². The molecule has 2 rings (SSSR count). The molecule has 23 heavy (non-hydrogen) atoms. The maximum Gasteiger partial charge on any atom is 0.238 e. The van der Waals surface area contributed by atoms with E-state index in [1.54, 1.807) is 18.6 Å². The summed E-state index contributed by atoms with van der Waals surface area (Å²) in [4.78, 5) is 12.0. The summed E-state index contributed by atoms with van der Waals surface area (Å²) in [6.45, 7) is 2.14. The number of methoxy groups -OCH3 is 1. The number of anilines is 1. The lowest BCUT2D eigenvalue weighted by molar-refractivity contribution is -0.115. The van der Waals surface area contributed by atoms with Gasteiger partial charge in [0.1, 0.15) is 16.8 Å². The minimum atomic E-state index is -0.177. The van der Waals surface area contributed by atoms with Crippen LogP contribution in [0.4, 0.5) is 5.00 Å². The number of hydrogen-bond donors (Lipinski definition) is 2. The van der Waals surface area contributed by atoms with Crippen LogP contribution in [0.3, 0.4) is 0 Å². The molecule has 0 bridgehead atoms. The molecule has 1 heterocycles. The first-order valence-corrected chi connectivity index (χ1v) is 8.56. The minimum Gasteiger partial charge on any atom is -0.496 e. The van der Waals surface area contributed by atoms with Crippen LogP contribution in [-0.4, -0.2) is 19.6 Å². The third kappa shape index (κ3) is 4.55. The molecular formula is C16H16BrN3O2S. The van der Waals surface area contributed by atoms with Crippen LogP contribution in [0.15, 0.2) is 34.1 Å². The van der Waals surface area contributed by atoms with E-state index in [0.29, 0.717) is 10.6 Å². The summed E-state index contributed by atoms with van der Waals surface area (Å²) in [7, 11) is 1.62. The van der Waals surface area contributed by atoms with Crippen molar-refractivity contribution in [1.82, 2.24) is 5.32 Å². The summed E-state index contributed by atoms with van der Waals surface area (Å²) in [5.41, 5.74) is 1.52. The molecular weight excluding hydrogens is 378 g/mol. The van der Waals surface area contributed by atoms with Gasteiger partial charge < -0.3 is 15.4 Å². The summed E-state index contributed by atoms with van der Waals surface area (Å²) >= 11 is 4.79. The number of hydrogen-bond acceptors (Lipinski definition) is 5. The lowest BCUT2D eigenvalue weighted by atomic mass is 10.1. The van der Waals surface area contributed by atoms with E-state index in [4.69, 9.17) is 10.00 Å². The van der Waals surface area contributed by atoms with E-state index in [2.05, 4.69) is 26.6 Å². The van der Waals surface area contributed by atoms with Crippen LogP contribution >= 0.6 is 27.3 Å². The topological polar surface area (TPSA) is 74.2 Å². The molecule has 0 aliphatic heterocycles. The van der Waals surface area contributed by atoms with Gasteiger partial charge in [-0.15, -0.1) is 11.3 Å². The Balaban J connectivity index is 1.91. The number of carbonyl (C=O) groups excluding carboxylic acids is 1. The molecule has 1 atom stereocenters. The zero-order valence-corrected chi connectivity index (χ0v) is 15.1. The Bertz CT molecular complexity index is 739. The van der Waals surface area contributed by atoms with Crippen LogP contribution in [0, 0.1) is 11.3 Å². The Labute approximate surface area is 147 Å². The molecule has 0 saturated heterocycles. The average molecular weight is 394 g/mol. The second-order valence-corrected chi connectivity index (χ2v) is 6.59. The van der Waals surface area contributed by atoms with E-state index in [1.807, 2.05) is 31.2 Å². The summed E-state index contributed by atoms with van der Waals surface area (Å²) in [6, 6.07) is 9.52. The quantitative estimate of drug-likeness (QED) is 0.784. The summed E-state index contributed by atoms with van der Waals surface area (Å²) in [5.74, 6) is 0.587. The molecule has 2 aromatic rings. The largest absolute Gasteiger partial charge is 0.496 e. The minimum absolute atomic E-state index is 0.00160. The van der Waals surface area contributed by atoms with E-state index in [1.165, 1.54) is 11.3 Å². The summed E-state index contributed by atoms with van der Waals surface area (Å²) < 4.78 is 6.07. The van der Waals surface area contributed by atoms with Crippen LogP contribution in [0.2, 0.25) is 0 Å². The lowest BCUT2D eigenvalue weighted by Crippen LogP contribution is -2.30. The van der Waals surface area contributed by atoms with Crippen molar-refractivity contribution in [1.29, 1.82) is 5.26 Å². The second-order valence-electron chi connectivity index (χ2n) is 4.82. The fourth-order valence-corrected chi connectivity index (χ4v) is 3.29. The van der Waals surface area contributed by atoms with E-state index in [-0.39, 0.29) is 18.5 Å². The number of nitrogens with one attached hydrogen (secondary N) is 2. The van der Waals surface area contributed by atoms with Crippen LogP contribution in [-0.2, 0) is 4.79 Å². The zero-order valence-electron chi connectivity index (χ0n) is 12.7. The van der Waals surface area contributed by atoms with E-state index in [0.717, 1.165) is 15.8 Å². The molecule has 0 radical (unpaired) electrons. The fraction of sp³-hybridized carbons (Fsp3) is 0.250. The molecule has 0 unspecified atom stereocenters. The molecule has 0 saturated carbocycles. The molecule has 0 aliphatic rings. The van der Waals surface area contributed by atoms with E-state index < -0.39 is 0 Å². The maximum absolute atomic E-state index is 12.0. The standard InChI is InChI=1S/C16H16BrN3O2S/c1-10(11-3-4-14(22-2)13(17)7-11)19-9-15(21)20-16-12(8-18)5-6-23-16/h3-7,10,19H,9H2,1-2H3,(H,20,21)/t10-/m0/s1. The van der Waals surface area contributed by atoms with Crippen LogP contribution in [0.25, 0.3) is 0 Å². The third-order valence-corrected chi connectivity index (χ3v) is 4.73. The first-order valence-electron chi connectivity index (χ1n) is 6.89. The number of halogens is 1. The first-order chi connectivity index (χ1) is 11.0. The average Bonchev–Trinajstić information content (AvgIpc) is 2.99. The fourth-order valence-electron chi connectivity index (χ4n) is 1.98. The predicted octanol–water partition coefficient (Wildman–Crippen LogP) is 3.68. The number of nitrogens with zero attached hydrogens (tertiary/aromatic N) is 1. The Morgan fingerprint density at radius 2 is 2.26 bits per heavy atom. The maximum atomic E-state index is 12.0. The molecule has 7 heteroatoms. The highest BCUT2D eigenvalue weighted by Crippen LogP contribution is 2.28. The van der Waals surface area contributed by atoms with E-state index >= 15 is 0 Å². The van der Waals surface area contributed by atoms with Gasteiger partial charge >= 0.3 is 0 Å². The van der Waals surface area contributed by atoms with Crippen molar-refractivity contribution < 1.29 is 9.53 Å². The molecule has 0 aliphatic carbocycles. The summed E-state index contributed by atoms with van der Waals surface area (Å²) in [5, 5.41) is 17.2. The van der Waals surface area contributed by atoms with Gasteiger partial charge in [0.05, 0.1) is 23.7 Å². The molecule has 0 fully saturated rings. The van der Waals surface area contributed by atoms with Crippen molar-refractivity contribution in [3.8, 4) is 11.8 Å².